The van der Waals surface area contributed by atoms with E-state index in [4.69, 9.17) is 5.11 Å². The number of hydrogen-bond donors (Lipinski definition) is 1. The molecule has 70 valence electrons. The minimum Gasteiger partial charge on any atom is -0.506 e. The largest absolute Gasteiger partial charge is 0.506 e. The molecule has 2 heterocycles. The Morgan fingerprint density at radius 2 is 2.21 bits per heavy atom. The minimum atomic E-state index is 0.0940. The number of carbonyl (C=O) groups excluding carboxylic acids is 1. The fraction of sp³-hybridized carbons (Fsp3) is 0. The van der Waals surface area contributed by atoms with E-state index in [1.165, 1.54) is 16.9 Å². The number of aromatic nitrogens is 3. The Labute approximate surface area is 79.6 Å². The molecule has 0 bridgehead atoms. The third kappa shape index (κ3) is 1.47. The van der Waals surface area contributed by atoms with Gasteiger partial charge in [0.1, 0.15) is 11.4 Å². The molecule has 0 spiro atoms. The van der Waals surface area contributed by atoms with Crippen LogP contribution in [0.1, 0.15) is 10.5 Å². The van der Waals surface area contributed by atoms with Crippen LogP contribution in [0.3, 0.4) is 0 Å². The average molecular weight is 189 g/mol. The van der Waals surface area contributed by atoms with Crippen LogP contribution in [0.5, 0.6) is 5.75 Å². The molecular formula is C9H7N3O2. The van der Waals surface area contributed by atoms with Crippen molar-refractivity contribution in [1.82, 2.24) is 14.8 Å². The molecule has 0 saturated carbocycles. The van der Waals surface area contributed by atoms with E-state index < -0.39 is 0 Å². The molecule has 5 heteroatoms. The summed E-state index contributed by atoms with van der Waals surface area (Å²) in [5, 5.41) is 12.9. The van der Waals surface area contributed by atoms with Crippen LogP contribution in [0, 0.1) is 0 Å². The molecule has 14 heavy (non-hydrogen) atoms. The molecular weight excluding hydrogens is 182 g/mol. The van der Waals surface area contributed by atoms with E-state index in [0.29, 0.717) is 17.8 Å². The van der Waals surface area contributed by atoms with E-state index in [0.717, 1.165) is 0 Å². The number of hydrogen-bond acceptors (Lipinski definition) is 4. The van der Waals surface area contributed by atoms with Crippen LogP contribution in [0.25, 0.3) is 5.82 Å². The van der Waals surface area contributed by atoms with E-state index in [-0.39, 0.29) is 5.75 Å². The van der Waals surface area contributed by atoms with E-state index in [1.807, 2.05) is 0 Å². The number of aldehydes is 1. The van der Waals surface area contributed by atoms with Gasteiger partial charge >= 0.3 is 0 Å². The predicted molar refractivity (Wildman–Crippen MR) is 48.4 cm³/mol. The molecule has 5 nitrogen and oxygen atoms in total. The third-order valence-electron chi connectivity index (χ3n) is 1.70. The van der Waals surface area contributed by atoms with Gasteiger partial charge in [0.25, 0.3) is 0 Å². The highest BCUT2D eigenvalue weighted by Crippen LogP contribution is 2.09. The summed E-state index contributed by atoms with van der Waals surface area (Å²) < 4.78 is 1.46. The van der Waals surface area contributed by atoms with Crippen LogP contribution in [0.2, 0.25) is 0 Å². The summed E-state index contributed by atoms with van der Waals surface area (Å²) in [6.07, 6.45) is 3.61. The highest BCUT2D eigenvalue weighted by molar-refractivity contribution is 5.71. The van der Waals surface area contributed by atoms with E-state index in [2.05, 4.69) is 10.1 Å². The van der Waals surface area contributed by atoms with Crippen molar-refractivity contribution in [2.75, 3.05) is 0 Å². The van der Waals surface area contributed by atoms with Crippen LogP contribution >= 0.6 is 0 Å². The molecule has 0 aliphatic carbocycles. The van der Waals surface area contributed by atoms with Crippen molar-refractivity contribution in [3.63, 3.8) is 0 Å². The fourth-order valence-corrected chi connectivity index (χ4v) is 1.04. The minimum absolute atomic E-state index is 0.0940. The molecule has 1 N–H and O–H groups in total. The van der Waals surface area contributed by atoms with Crippen molar-refractivity contribution in [1.29, 1.82) is 0 Å². The first-order chi connectivity index (χ1) is 6.79. The zero-order chi connectivity index (χ0) is 9.97. The van der Waals surface area contributed by atoms with Gasteiger partial charge in [0.05, 0.1) is 6.20 Å². The van der Waals surface area contributed by atoms with Crippen LogP contribution in [0.4, 0.5) is 0 Å². The molecule has 0 amide bonds. The van der Waals surface area contributed by atoms with Gasteiger partial charge < -0.3 is 5.11 Å². The Morgan fingerprint density at radius 1 is 1.36 bits per heavy atom. The molecule has 0 aliphatic heterocycles. The van der Waals surface area contributed by atoms with Crippen molar-refractivity contribution in [3.05, 3.63) is 36.3 Å². The van der Waals surface area contributed by atoms with Gasteiger partial charge in [-0.25, -0.2) is 9.67 Å². The fourth-order valence-electron chi connectivity index (χ4n) is 1.04. The molecule has 0 aliphatic rings. The predicted octanol–water partition coefficient (Wildman–Crippen LogP) is 0.785. The van der Waals surface area contributed by atoms with Gasteiger partial charge in [0.15, 0.2) is 12.1 Å². The number of nitrogens with zero attached hydrogens (tertiary/aromatic N) is 3. The smallest absolute Gasteiger partial charge is 0.170 e. The van der Waals surface area contributed by atoms with Gasteiger partial charge in [-0.3, -0.25) is 4.79 Å². The first kappa shape index (κ1) is 8.43. The van der Waals surface area contributed by atoms with Crippen molar-refractivity contribution < 1.29 is 9.90 Å². The summed E-state index contributed by atoms with van der Waals surface area (Å²) in [5.41, 5.74) is 0.347. The Hall–Kier alpha value is -2.17. The lowest BCUT2D eigenvalue weighted by atomic mass is 10.4. The molecule has 0 unspecified atom stereocenters. The summed E-state index contributed by atoms with van der Waals surface area (Å²) in [6, 6.07) is 4.70. The Bertz CT molecular complexity index is 447. The van der Waals surface area contributed by atoms with Gasteiger partial charge in [-0.2, -0.15) is 5.10 Å². The SMILES string of the molecule is O=Cc1ccn(-c2ccc(O)cn2)n1. The summed E-state index contributed by atoms with van der Waals surface area (Å²) in [6.45, 7) is 0. The van der Waals surface area contributed by atoms with Crippen molar-refractivity contribution in [3.8, 4) is 11.6 Å². The quantitative estimate of drug-likeness (QED) is 0.709. The summed E-state index contributed by atoms with van der Waals surface area (Å²) in [7, 11) is 0. The van der Waals surface area contributed by atoms with E-state index in [9.17, 15) is 4.79 Å². The van der Waals surface area contributed by atoms with Gasteiger partial charge in [-0.05, 0) is 18.2 Å². The zero-order valence-corrected chi connectivity index (χ0v) is 7.16. The molecule has 2 rings (SSSR count). The van der Waals surface area contributed by atoms with Gasteiger partial charge in [0, 0.05) is 6.20 Å². The lowest BCUT2D eigenvalue weighted by Gasteiger charge is -1.98. The second-order valence-corrected chi connectivity index (χ2v) is 2.68. The van der Waals surface area contributed by atoms with Crippen LogP contribution in [-0.2, 0) is 0 Å². The number of aromatic hydroxyl groups is 1. The summed E-state index contributed by atoms with van der Waals surface area (Å²) >= 11 is 0. The first-order valence-corrected chi connectivity index (χ1v) is 3.96. The number of pyridine rings is 1. The third-order valence-corrected chi connectivity index (χ3v) is 1.70. The van der Waals surface area contributed by atoms with Crippen LogP contribution < -0.4 is 0 Å². The Kier molecular flexibility index (Phi) is 1.98. The maximum absolute atomic E-state index is 10.4. The Balaban J connectivity index is 2.39. The molecule has 0 radical (unpaired) electrons. The lowest BCUT2D eigenvalue weighted by molar-refractivity contribution is 0.111. The van der Waals surface area contributed by atoms with Crippen molar-refractivity contribution in [2.24, 2.45) is 0 Å². The standard InChI is InChI=1S/C9H7N3O2/c13-6-7-3-4-12(11-7)9-2-1-8(14)5-10-9/h1-6,14H. The molecule has 2 aromatic heterocycles. The molecule has 0 saturated heterocycles. The Morgan fingerprint density at radius 3 is 2.79 bits per heavy atom. The van der Waals surface area contributed by atoms with E-state index in [1.54, 1.807) is 18.3 Å². The second kappa shape index (κ2) is 3.29. The molecule has 0 fully saturated rings. The second-order valence-electron chi connectivity index (χ2n) is 2.68. The highest BCUT2D eigenvalue weighted by atomic mass is 16.3. The van der Waals surface area contributed by atoms with Crippen LogP contribution in [-0.4, -0.2) is 26.2 Å². The van der Waals surface area contributed by atoms with E-state index >= 15 is 0 Å². The zero-order valence-electron chi connectivity index (χ0n) is 7.16. The molecule has 2 aromatic rings. The average Bonchev–Trinajstić information content (AvgIpc) is 2.67. The number of carbonyl (C=O) groups is 1. The summed E-state index contributed by atoms with van der Waals surface area (Å²) in [5.74, 6) is 0.646. The van der Waals surface area contributed by atoms with Gasteiger partial charge in [-0.1, -0.05) is 0 Å². The molecule has 0 aromatic carbocycles. The normalized spacial score (nSPS) is 10.0. The monoisotopic (exact) mass is 189 g/mol. The highest BCUT2D eigenvalue weighted by Gasteiger charge is 2.00. The first-order valence-electron chi connectivity index (χ1n) is 3.96. The summed E-state index contributed by atoms with van der Waals surface area (Å²) in [4.78, 5) is 14.3. The van der Waals surface area contributed by atoms with Gasteiger partial charge in [-0.15, -0.1) is 0 Å². The number of rotatable bonds is 2. The van der Waals surface area contributed by atoms with Crippen molar-refractivity contribution in [2.45, 2.75) is 0 Å². The van der Waals surface area contributed by atoms with Crippen LogP contribution in [0.15, 0.2) is 30.6 Å². The van der Waals surface area contributed by atoms with Gasteiger partial charge in [0.2, 0.25) is 0 Å². The maximum atomic E-state index is 10.4. The van der Waals surface area contributed by atoms with Crippen molar-refractivity contribution >= 4 is 6.29 Å². The molecule has 0 atom stereocenters. The maximum Gasteiger partial charge on any atom is 0.170 e. The lowest BCUT2D eigenvalue weighted by Crippen LogP contribution is -1.97. The topological polar surface area (TPSA) is 68.0 Å².